The summed E-state index contributed by atoms with van der Waals surface area (Å²) < 4.78 is 10.4. The summed E-state index contributed by atoms with van der Waals surface area (Å²) in [7, 11) is 1.52. The number of aromatic nitrogens is 2. The standard InChI is InChI=1S/C11H15N3O3/c1-16-8-11(15)14-6-4-9(7-14)17-10-3-2-5-12-13-10/h2-3,5,9H,4,6-8H2,1H3/t9-/m0/s1. The molecule has 0 bridgehead atoms. The summed E-state index contributed by atoms with van der Waals surface area (Å²) in [5.41, 5.74) is 0. The van der Waals surface area contributed by atoms with Gasteiger partial charge in [0.2, 0.25) is 11.8 Å². The van der Waals surface area contributed by atoms with Gasteiger partial charge < -0.3 is 14.4 Å². The van der Waals surface area contributed by atoms with Crippen LogP contribution in [0.4, 0.5) is 0 Å². The maximum atomic E-state index is 11.6. The van der Waals surface area contributed by atoms with E-state index in [9.17, 15) is 4.79 Å². The molecule has 1 aromatic rings. The fraction of sp³-hybridized carbons (Fsp3) is 0.545. The molecule has 1 atom stereocenters. The van der Waals surface area contributed by atoms with Gasteiger partial charge in [-0.15, -0.1) is 5.10 Å². The number of nitrogens with zero attached hydrogens (tertiary/aromatic N) is 3. The minimum absolute atomic E-state index is 0.00209. The highest BCUT2D eigenvalue weighted by molar-refractivity contribution is 5.77. The number of rotatable bonds is 4. The largest absolute Gasteiger partial charge is 0.471 e. The average Bonchev–Trinajstić information content (AvgIpc) is 2.79. The second kappa shape index (κ2) is 5.58. The molecule has 92 valence electrons. The van der Waals surface area contributed by atoms with Gasteiger partial charge in [0.25, 0.3) is 0 Å². The predicted molar refractivity (Wildman–Crippen MR) is 59.5 cm³/mol. The Kier molecular flexibility index (Phi) is 3.87. The van der Waals surface area contributed by atoms with Crippen molar-refractivity contribution in [2.75, 3.05) is 26.8 Å². The lowest BCUT2D eigenvalue weighted by molar-refractivity contribution is -0.134. The van der Waals surface area contributed by atoms with Crippen LogP contribution in [0.25, 0.3) is 0 Å². The summed E-state index contributed by atoms with van der Waals surface area (Å²) in [5.74, 6) is 0.497. The minimum atomic E-state index is -0.00694. The molecule has 0 N–H and O–H groups in total. The highest BCUT2D eigenvalue weighted by Gasteiger charge is 2.27. The fourth-order valence-electron chi connectivity index (χ4n) is 1.79. The van der Waals surface area contributed by atoms with Crippen LogP contribution in [0.2, 0.25) is 0 Å². The number of methoxy groups -OCH3 is 1. The summed E-state index contributed by atoms with van der Waals surface area (Å²) in [6, 6.07) is 3.53. The molecule has 0 spiro atoms. The van der Waals surface area contributed by atoms with Gasteiger partial charge in [-0.05, 0) is 6.07 Å². The number of amides is 1. The number of likely N-dealkylation sites (tertiary alicyclic amines) is 1. The van der Waals surface area contributed by atoms with Gasteiger partial charge in [-0.25, -0.2) is 0 Å². The Morgan fingerprint density at radius 2 is 2.53 bits per heavy atom. The normalized spacial score (nSPS) is 19.4. The van der Waals surface area contributed by atoms with Gasteiger partial charge >= 0.3 is 0 Å². The SMILES string of the molecule is COCC(=O)N1CC[C@H](Oc2cccnn2)C1. The lowest BCUT2D eigenvalue weighted by Crippen LogP contribution is -2.33. The van der Waals surface area contributed by atoms with E-state index < -0.39 is 0 Å². The third-order valence-corrected chi connectivity index (χ3v) is 2.60. The number of carbonyl (C=O) groups is 1. The van der Waals surface area contributed by atoms with Crippen molar-refractivity contribution in [1.82, 2.24) is 15.1 Å². The molecule has 1 fully saturated rings. The molecule has 1 aliphatic rings. The number of hydrogen-bond donors (Lipinski definition) is 0. The van der Waals surface area contributed by atoms with Crippen molar-refractivity contribution in [3.63, 3.8) is 0 Å². The monoisotopic (exact) mass is 237 g/mol. The molecular formula is C11H15N3O3. The van der Waals surface area contributed by atoms with Gasteiger partial charge in [0.1, 0.15) is 12.7 Å². The van der Waals surface area contributed by atoms with E-state index in [0.29, 0.717) is 19.0 Å². The van der Waals surface area contributed by atoms with Gasteiger partial charge in [0, 0.05) is 32.3 Å². The van der Waals surface area contributed by atoms with Gasteiger partial charge in [0.15, 0.2) is 0 Å². The van der Waals surface area contributed by atoms with Crippen molar-refractivity contribution in [3.8, 4) is 5.88 Å². The highest BCUT2D eigenvalue weighted by Crippen LogP contribution is 2.15. The lowest BCUT2D eigenvalue weighted by Gasteiger charge is -2.16. The lowest BCUT2D eigenvalue weighted by atomic mass is 10.3. The Hall–Kier alpha value is -1.69. The van der Waals surface area contributed by atoms with Gasteiger partial charge in [-0.3, -0.25) is 4.79 Å². The second-order valence-electron chi connectivity index (χ2n) is 3.86. The van der Waals surface area contributed by atoms with E-state index >= 15 is 0 Å². The Balaban J connectivity index is 1.84. The van der Waals surface area contributed by atoms with Crippen molar-refractivity contribution in [1.29, 1.82) is 0 Å². The van der Waals surface area contributed by atoms with Crippen LogP contribution in [0.5, 0.6) is 5.88 Å². The Labute approximate surface area is 99.5 Å². The number of ether oxygens (including phenoxy) is 2. The van der Waals surface area contributed by atoms with Gasteiger partial charge in [-0.2, -0.15) is 5.10 Å². The van der Waals surface area contributed by atoms with E-state index in [-0.39, 0.29) is 18.6 Å². The van der Waals surface area contributed by atoms with Crippen molar-refractivity contribution in [2.24, 2.45) is 0 Å². The zero-order chi connectivity index (χ0) is 12.1. The maximum Gasteiger partial charge on any atom is 0.248 e. The van der Waals surface area contributed by atoms with Crippen LogP contribution in [-0.4, -0.2) is 53.9 Å². The van der Waals surface area contributed by atoms with Crippen LogP contribution in [0.15, 0.2) is 18.3 Å². The summed E-state index contributed by atoms with van der Waals surface area (Å²) in [6.07, 6.45) is 2.40. The third kappa shape index (κ3) is 3.13. The molecule has 1 amide bonds. The first-order chi connectivity index (χ1) is 8.29. The van der Waals surface area contributed by atoms with Gasteiger partial charge in [0.05, 0.1) is 6.54 Å². The summed E-state index contributed by atoms with van der Waals surface area (Å²) in [6.45, 7) is 1.41. The predicted octanol–water partition coefficient (Wildman–Crippen LogP) is 0.103. The molecule has 0 saturated carbocycles. The molecule has 1 saturated heterocycles. The molecule has 6 heteroatoms. The highest BCUT2D eigenvalue weighted by atomic mass is 16.5. The average molecular weight is 237 g/mol. The fourth-order valence-corrected chi connectivity index (χ4v) is 1.79. The Bertz CT molecular complexity index is 371. The first kappa shape index (κ1) is 11.8. The van der Waals surface area contributed by atoms with E-state index in [0.717, 1.165) is 6.42 Å². The topological polar surface area (TPSA) is 64.5 Å². The molecule has 1 aromatic heterocycles. The molecule has 2 rings (SSSR count). The maximum absolute atomic E-state index is 11.6. The Morgan fingerprint density at radius 1 is 1.65 bits per heavy atom. The van der Waals surface area contributed by atoms with Crippen LogP contribution in [0.1, 0.15) is 6.42 Å². The zero-order valence-electron chi connectivity index (χ0n) is 9.70. The second-order valence-corrected chi connectivity index (χ2v) is 3.86. The molecule has 0 unspecified atom stereocenters. The van der Waals surface area contributed by atoms with E-state index in [1.54, 1.807) is 23.2 Å². The van der Waals surface area contributed by atoms with E-state index in [1.807, 2.05) is 0 Å². The summed E-state index contributed by atoms with van der Waals surface area (Å²) in [5, 5.41) is 7.58. The smallest absolute Gasteiger partial charge is 0.248 e. The van der Waals surface area contributed by atoms with E-state index in [4.69, 9.17) is 9.47 Å². The van der Waals surface area contributed by atoms with Crippen LogP contribution in [-0.2, 0) is 9.53 Å². The number of hydrogen-bond acceptors (Lipinski definition) is 5. The molecule has 6 nitrogen and oxygen atoms in total. The molecule has 0 aromatic carbocycles. The van der Waals surface area contributed by atoms with E-state index in [1.165, 1.54) is 7.11 Å². The van der Waals surface area contributed by atoms with Gasteiger partial charge in [-0.1, -0.05) is 0 Å². The van der Waals surface area contributed by atoms with E-state index in [2.05, 4.69) is 10.2 Å². The molecular weight excluding hydrogens is 222 g/mol. The summed E-state index contributed by atoms with van der Waals surface area (Å²) >= 11 is 0. The first-order valence-electron chi connectivity index (χ1n) is 5.50. The minimum Gasteiger partial charge on any atom is -0.471 e. The van der Waals surface area contributed by atoms with Crippen molar-refractivity contribution in [2.45, 2.75) is 12.5 Å². The zero-order valence-corrected chi connectivity index (χ0v) is 9.70. The molecule has 2 heterocycles. The van der Waals surface area contributed by atoms with Crippen molar-refractivity contribution >= 4 is 5.91 Å². The quantitative estimate of drug-likeness (QED) is 0.743. The molecule has 1 aliphatic heterocycles. The van der Waals surface area contributed by atoms with Crippen LogP contribution in [0.3, 0.4) is 0 Å². The Morgan fingerprint density at radius 3 is 3.24 bits per heavy atom. The van der Waals surface area contributed by atoms with Crippen molar-refractivity contribution < 1.29 is 14.3 Å². The third-order valence-electron chi connectivity index (χ3n) is 2.60. The van der Waals surface area contributed by atoms with Crippen LogP contribution >= 0.6 is 0 Å². The van der Waals surface area contributed by atoms with Crippen molar-refractivity contribution in [3.05, 3.63) is 18.3 Å². The summed E-state index contributed by atoms with van der Waals surface area (Å²) in [4.78, 5) is 13.3. The van der Waals surface area contributed by atoms with Crippen LogP contribution in [0, 0.1) is 0 Å². The molecule has 17 heavy (non-hydrogen) atoms. The molecule has 0 aliphatic carbocycles. The van der Waals surface area contributed by atoms with Crippen LogP contribution < -0.4 is 4.74 Å². The number of carbonyl (C=O) groups excluding carboxylic acids is 1. The molecule has 0 radical (unpaired) electrons. The first-order valence-corrected chi connectivity index (χ1v) is 5.50.